The third-order valence-corrected chi connectivity index (χ3v) is 4.06. The maximum absolute atomic E-state index is 11.7. The van der Waals surface area contributed by atoms with Gasteiger partial charge in [0.25, 0.3) is 5.56 Å². The number of nitrogens with one attached hydrogen (secondary N) is 1. The molecule has 0 aliphatic carbocycles. The van der Waals surface area contributed by atoms with Crippen molar-refractivity contribution in [3.05, 3.63) is 56.7 Å². The first-order chi connectivity index (χ1) is 11.0. The van der Waals surface area contributed by atoms with Crippen LogP contribution in [0.15, 0.2) is 49.5 Å². The van der Waals surface area contributed by atoms with Gasteiger partial charge >= 0.3 is 5.63 Å². The van der Waals surface area contributed by atoms with E-state index in [-0.39, 0.29) is 11.4 Å². The summed E-state index contributed by atoms with van der Waals surface area (Å²) >= 11 is 1.28. The number of thioether (sulfide) groups is 1. The number of nitrogens with two attached hydrogens (primary N) is 1. The minimum Gasteiger partial charge on any atom is -0.497 e. The van der Waals surface area contributed by atoms with Crippen molar-refractivity contribution < 1.29 is 9.15 Å². The Morgan fingerprint density at radius 3 is 2.87 bits per heavy atom. The normalized spacial score (nSPS) is 10.8. The average molecular weight is 331 g/mol. The molecule has 1 aromatic carbocycles. The Hall–Kier alpha value is -2.74. The van der Waals surface area contributed by atoms with Crippen molar-refractivity contribution >= 4 is 28.5 Å². The van der Waals surface area contributed by atoms with Crippen molar-refractivity contribution in [1.82, 2.24) is 9.97 Å². The zero-order valence-electron chi connectivity index (χ0n) is 12.2. The van der Waals surface area contributed by atoms with Gasteiger partial charge in [-0.25, -0.2) is 9.78 Å². The molecule has 3 rings (SSSR count). The molecule has 0 fully saturated rings. The summed E-state index contributed by atoms with van der Waals surface area (Å²) in [5, 5.41) is 1.19. The number of rotatable bonds is 4. The number of ether oxygens (including phenoxy) is 1. The number of nitrogen functional groups attached to an aromatic ring is 1. The Bertz CT molecular complexity index is 980. The summed E-state index contributed by atoms with van der Waals surface area (Å²) in [7, 11) is 1.54. The third kappa shape index (κ3) is 3.37. The van der Waals surface area contributed by atoms with E-state index >= 15 is 0 Å². The molecule has 0 spiro atoms. The van der Waals surface area contributed by atoms with Crippen molar-refractivity contribution in [2.75, 3.05) is 12.8 Å². The molecule has 2 aromatic heterocycles. The number of H-pyrrole nitrogens is 1. The van der Waals surface area contributed by atoms with Crippen molar-refractivity contribution in [1.29, 1.82) is 0 Å². The van der Waals surface area contributed by atoms with Gasteiger partial charge in [-0.1, -0.05) is 11.8 Å². The van der Waals surface area contributed by atoms with Crippen LogP contribution in [0.3, 0.4) is 0 Å². The molecule has 0 atom stereocenters. The predicted molar refractivity (Wildman–Crippen MR) is 87.9 cm³/mol. The Morgan fingerprint density at radius 2 is 2.13 bits per heavy atom. The minimum atomic E-state index is -0.449. The van der Waals surface area contributed by atoms with Crippen LogP contribution < -0.4 is 21.7 Å². The molecule has 0 saturated heterocycles. The number of hydrogen-bond donors (Lipinski definition) is 2. The maximum Gasteiger partial charge on any atom is 0.336 e. The van der Waals surface area contributed by atoms with Crippen molar-refractivity contribution in [2.45, 2.75) is 10.9 Å². The standard InChI is InChI=1S/C15H13N3O4S/c1-21-9-2-3-10-8(4-14(20)22-11(10)5-9)7-23-15-17-12(16)6-13(19)18-15/h2-6H,7H2,1H3,(H3,16,17,18,19). The van der Waals surface area contributed by atoms with Gasteiger partial charge < -0.3 is 19.9 Å². The van der Waals surface area contributed by atoms with E-state index in [1.54, 1.807) is 19.2 Å². The van der Waals surface area contributed by atoms with Gasteiger partial charge in [-0.05, 0) is 17.7 Å². The van der Waals surface area contributed by atoms with E-state index in [0.29, 0.717) is 22.2 Å². The lowest BCUT2D eigenvalue weighted by molar-refractivity contribution is 0.414. The van der Waals surface area contributed by atoms with Crippen LogP contribution in [-0.2, 0) is 5.75 Å². The summed E-state index contributed by atoms with van der Waals surface area (Å²) in [6.07, 6.45) is 0. The van der Waals surface area contributed by atoms with Crippen molar-refractivity contribution in [3.8, 4) is 5.75 Å². The molecule has 0 unspecified atom stereocenters. The fourth-order valence-corrected chi connectivity index (χ4v) is 3.00. The first kappa shape index (κ1) is 15.2. The summed E-state index contributed by atoms with van der Waals surface area (Å²) in [4.78, 5) is 29.7. The van der Waals surface area contributed by atoms with Gasteiger partial charge in [-0.15, -0.1) is 0 Å². The second-order valence-electron chi connectivity index (χ2n) is 4.72. The molecule has 0 bridgehead atoms. The van der Waals surface area contributed by atoms with Crippen LogP contribution in [0.25, 0.3) is 11.0 Å². The zero-order valence-corrected chi connectivity index (χ0v) is 13.0. The summed E-state index contributed by atoms with van der Waals surface area (Å²) in [6.45, 7) is 0. The van der Waals surface area contributed by atoms with Crippen LogP contribution in [-0.4, -0.2) is 17.1 Å². The molecule has 8 heteroatoms. The number of methoxy groups -OCH3 is 1. The average Bonchev–Trinajstić information content (AvgIpc) is 2.50. The smallest absolute Gasteiger partial charge is 0.336 e. The van der Waals surface area contributed by atoms with Crippen molar-refractivity contribution in [3.63, 3.8) is 0 Å². The highest BCUT2D eigenvalue weighted by Gasteiger charge is 2.09. The molecule has 3 N–H and O–H groups in total. The lowest BCUT2D eigenvalue weighted by atomic mass is 10.1. The minimum absolute atomic E-state index is 0.151. The maximum atomic E-state index is 11.7. The van der Waals surface area contributed by atoms with Crippen LogP contribution in [0.1, 0.15) is 5.56 Å². The summed E-state index contributed by atoms with van der Waals surface area (Å²) in [5.74, 6) is 1.19. The number of benzene rings is 1. The zero-order chi connectivity index (χ0) is 16.4. The molecule has 0 aliphatic rings. The summed E-state index contributed by atoms with van der Waals surface area (Å²) in [5.41, 5.74) is 6.00. The van der Waals surface area contributed by atoms with Gasteiger partial charge in [0.1, 0.15) is 17.2 Å². The molecule has 0 amide bonds. The highest BCUT2D eigenvalue weighted by Crippen LogP contribution is 2.26. The van der Waals surface area contributed by atoms with Gasteiger partial charge in [0.2, 0.25) is 0 Å². The van der Waals surface area contributed by atoms with Gasteiger partial charge in [-0.3, -0.25) is 4.79 Å². The monoisotopic (exact) mass is 331 g/mol. The largest absolute Gasteiger partial charge is 0.497 e. The van der Waals surface area contributed by atoms with E-state index in [9.17, 15) is 9.59 Å². The first-order valence-electron chi connectivity index (χ1n) is 6.65. The lowest BCUT2D eigenvalue weighted by Crippen LogP contribution is -2.09. The van der Waals surface area contributed by atoms with E-state index in [2.05, 4.69) is 9.97 Å². The Balaban J connectivity index is 1.96. The fourth-order valence-electron chi connectivity index (χ4n) is 2.12. The molecule has 0 aliphatic heterocycles. The summed E-state index contributed by atoms with van der Waals surface area (Å²) < 4.78 is 10.3. The number of nitrogens with zero attached hydrogens (tertiary/aromatic N) is 1. The van der Waals surface area contributed by atoms with Gasteiger partial charge in [0.05, 0.1) is 7.11 Å². The molecule has 0 radical (unpaired) electrons. The Morgan fingerprint density at radius 1 is 1.30 bits per heavy atom. The number of aromatic amines is 1. The second kappa shape index (κ2) is 6.17. The van der Waals surface area contributed by atoms with Crippen LogP contribution in [0.2, 0.25) is 0 Å². The highest BCUT2D eigenvalue weighted by molar-refractivity contribution is 7.98. The number of hydrogen-bond acceptors (Lipinski definition) is 7. The number of fused-ring (bicyclic) bond motifs is 1. The van der Waals surface area contributed by atoms with E-state index in [1.165, 1.54) is 23.9 Å². The van der Waals surface area contributed by atoms with Gasteiger partial charge in [0.15, 0.2) is 5.16 Å². The van der Waals surface area contributed by atoms with Crippen LogP contribution in [0.4, 0.5) is 5.82 Å². The van der Waals surface area contributed by atoms with Crippen molar-refractivity contribution in [2.24, 2.45) is 0 Å². The molecule has 0 saturated carbocycles. The van der Waals surface area contributed by atoms with Crippen LogP contribution >= 0.6 is 11.8 Å². The molecular formula is C15H13N3O4S. The molecule has 7 nitrogen and oxygen atoms in total. The van der Waals surface area contributed by atoms with Crippen LogP contribution in [0, 0.1) is 0 Å². The lowest BCUT2D eigenvalue weighted by Gasteiger charge is -2.06. The predicted octanol–water partition coefficient (Wildman–Crippen LogP) is 1.76. The molecule has 23 heavy (non-hydrogen) atoms. The summed E-state index contributed by atoms with van der Waals surface area (Å²) in [6, 6.07) is 7.90. The Kier molecular flexibility index (Phi) is 4.07. The Labute approximate surface area is 134 Å². The third-order valence-electron chi connectivity index (χ3n) is 3.14. The topological polar surface area (TPSA) is 111 Å². The highest BCUT2D eigenvalue weighted by atomic mass is 32.2. The quantitative estimate of drug-likeness (QED) is 0.425. The van der Waals surface area contributed by atoms with E-state index in [1.807, 2.05) is 6.07 Å². The first-order valence-corrected chi connectivity index (χ1v) is 7.64. The van der Waals surface area contributed by atoms with E-state index in [0.717, 1.165) is 10.9 Å². The number of anilines is 1. The molecule has 118 valence electrons. The van der Waals surface area contributed by atoms with Crippen LogP contribution in [0.5, 0.6) is 5.75 Å². The molecule has 3 aromatic rings. The number of aromatic nitrogens is 2. The molecule has 2 heterocycles. The fraction of sp³-hybridized carbons (Fsp3) is 0.133. The second-order valence-corrected chi connectivity index (χ2v) is 5.68. The van der Waals surface area contributed by atoms with E-state index in [4.69, 9.17) is 14.9 Å². The van der Waals surface area contributed by atoms with Gasteiger partial charge in [0, 0.05) is 29.3 Å². The molecular weight excluding hydrogens is 318 g/mol. The SMILES string of the molecule is COc1ccc2c(CSc3nc(N)cc(=O)[nH]3)cc(=O)oc2c1. The van der Waals surface area contributed by atoms with Gasteiger partial charge in [-0.2, -0.15) is 0 Å². The van der Waals surface area contributed by atoms with E-state index < -0.39 is 5.63 Å².